The van der Waals surface area contributed by atoms with Crippen LogP contribution in [0.25, 0.3) is 0 Å². The summed E-state index contributed by atoms with van der Waals surface area (Å²) in [5.74, 6) is 1.12. The van der Waals surface area contributed by atoms with E-state index in [9.17, 15) is 4.79 Å². The molecule has 16 heavy (non-hydrogen) atoms. The molecule has 0 aromatic carbocycles. The Morgan fingerprint density at radius 1 is 1.38 bits per heavy atom. The molecule has 1 saturated carbocycles. The molecule has 1 aliphatic carbocycles. The van der Waals surface area contributed by atoms with Gasteiger partial charge in [0.1, 0.15) is 5.60 Å². The molecule has 4 rings (SSSR count). The number of esters is 1. The Bertz CT molecular complexity index is 317. The molecule has 1 spiro atoms. The average Bonchev–Trinajstić information content (AvgIpc) is 2.18. The minimum atomic E-state index is -0.0931. The molecular weight excluding hydrogens is 202 g/mol. The lowest BCUT2D eigenvalue weighted by Crippen LogP contribution is -2.62. The van der Waals surface area contributed by atoms with Gasteiger partial charge in [0, 0.05) is 31.3 Å². The molecule has 3 heteroatoms. The summed E-state index contributed by atoms with van der Waals surface area (Å²) in [6, 6.07) is 0.642. The van der Waals surface area contributed by atoms with E-state index < -0.39 is 0 Å². The van der Waals surface area contributed by atoms with Gasteiger partial charge in [0.05, 0.1) is 0 Å². The summed E-state index contributed by atoms with van der Waals surface area (Å²) in [4.78, 5) is 14.1. The van der Waals surface area contributed by atoms with Crippen molar-refractivity contribution in [3.05, 3.63) is 0 Å². The molecule has 4 atom stereocenters. The molecule has 0 radical (unpaired) electrons. The number of hydrogen-bond acceptors (Lipinski definition) is 3. The fourth-order valence-corrected chi connectivity index (χ4v) is 4.09. The van der Waals surface area contributed by atoms with Crippen LogP contribution in [0, 0.1) is 11.8 Å². The zero-order chi connectivity index (χ0) is 11.3. The summed E-state index contributed by atoms with van der Waals surface area (Å²) in [5.41, 5.74) is -0.0931. The molecule has 0 aromatic rings. The van der Waals surface area contributed by atoms with Crippen LogP contribution in [0.3, 0.4) is 0 Å². The highest BCUT2D eigenvalue weighted by molar-refractivity contribution is 5.71. The van der Waals surface area contributed by atoms with Gasteiger partial charge in [0.2, 0.25) is 0 Å². The van der Waals surface area contributed by atoms with Gasteiger partial charge < -0.3 is 9.64 Å². The van der Waals surface area contributed by atoms with E-state index in [0.29, 0.717) is 24.3 Å². The average molecular weight is 223 g/mol. The molecule has 2 bridgehead atoms. The largest absolute Gasteiger partial charge is 0.459 e. The van der Waals surface area contributed by atoms with Crippen LogP contribution in [-0.4, -0.2) is 36.1 Å². The second-order valence-corrected chi connectivity index (χ2v) is 6.12. The Morgan fingerprint density at radius 3 is 2.75 bits per heavy atom. The van der Waals surface area contributed by atoms with Crippen LogP contribution in [0.15, 0.2) is 0 Å². The van der Waals surface area contributed by atoms with Crippen molar-refractivity contribution >= 4 is 5.97 Å². The van der Waals surface area contributed by atoms with Crippen LogP contribution in [0.5, 0.6) is 0 Å². The highest BCUT2D eigenvalue weighted by Gasteiger charge is 2.54. The third-order valence-corrected chi connectivity index (χ3v) is 4.83. The van der Waals surface area contributed by atoms with Crippen molar-refractivity contribution in [2.45, 2.75) is 50.7 Å². The number of carbonyl (C=O) groups is 1. The number of hydrogen-bond donors (Lipinski definition) is 0. The predicted molar refractivity (Wildman–Crippen MR) is 61.0 cm³/mol. The molecule has 0 unspecified atom stereocenters. The van der Waals surface area contributed by atoms with Crippen molar-refractivity contribution in [3.63, 3.8) is 0 Å². The number of fused-ring (bicyclic) bond motifs is 2. The first-order chi connectivity index (χ1) is 7.59. The van der Waals surface area contributed by atoms with E-state index in [1.54, 1.807) is 0 Å². The lowest BCUT2D eigenvalue weighted by molar-refractivity contribution is -0.201. The van der Waals surface area contributed by atoms with Gasteiger partial charge in [-0.2, -0.15) is 0 Å². The van der Waals surface area contributed by atoms with Gasteiger partial charge in [0.15, 0.2) is 0 Å². The Morgan fingerprint density at radius 2 is 2.19 bits per heavy atom. The summed E-state index contributed by atoms with van der Waals surface area (Å²) in [5, 5.41) is 0. The highest BCUT2D eigenvalue weighted by Crippen LogP contribution is 2.49. The highest BCUT2D eigenvalue weighted by atomic mass is 16.6. The number of rotatable bonds is 0. The first-order valence-corrected chi connectivity index (χ1v) is 6.51. The van der Waals surface area contributed by atoms with Crippen LogP contribution in [-0.2, 0) is 9.53 Å². The van der Waals surface area contributed by atoms with Crippen molar-refractivity contribution < 1.29 is 9.53 Å². The molecular formula is C13H21NO2. The summed E-state index contributed by atoms with van der Waals surface area (Å²) in [7, 11) is 2.21. The smallest absolute Gasteiger partial charge is 0.306 e. The van der Waals surface area contributed by atoms with E-state index in [0.717, 1.165) is 19.4 Å². The number of piperidine rings is 2. The molecule has 3 nitrogen and oxygen atoms in total. The van der Waals surface area contributed by atoms with Crippen LogP contribution in [0.2, 0.25) is 0 Å². The molecule has 0 aromatic heterocycles. The summed E-state index contributed by atoms with van der Waals surface area (Å²) < 4.78 is 5.80. The van der Waals surface area contributed by atoms with E-state index in [1.807, 2.05) is 0 Å². The third-order valence-electron chi connectivity index (χ3n) is 4.83. The lowest BCUT2D eigenvalue weighted by Gasteiger charge is -2.56. The summed E-state index contributed by atoms with van der Waals surface area (Å²) >= 11 is 0. The Labute approximate surface area is 97.1 Å². The van der Waals surface area contributed by atoms with Crippen LogP contribution >= 0.6 is 0 Å². The molecule has 4 aliphatic rings. The standard InChI is InChI=1S/C13H21NO2/c1-9-5-12(15)16-13(6-9)7-11-4-3-10(13)8-14(11)2/h9-11H,3-8H2,1-2H3/t9-,10-,11-,13-/m1/s1. The molecule has 3 heterocycles. The third kappa shape index (κ3) is 1.48. The first-order valence-electron chi connectivity index (χ1n) is 6.51. The Hall–Kier alpha value is -0.570. The molecule has 4 fully saturated rings. The monoisotopic (exact) mass is 223 g/mol. The first kappa shape index (κ1) is 10.6. The summed E-state index contributed by atoms with van der Waals surface area (Å²) in [6.45, 7) is 3.30. The van der Waals surface area contributed by atoms with E-state index >= 15 is 0 Å². The summed E-state index contributed by atoms with van der Waals surface area (Å²) in [6.07, 6.45) is 5.32. The van der Waals surface area contributed by atoms with E-state index in [4.69, 9.17) is 4.74 Å². The van der Waals surface area contributed by atoms with E-state index in [2.05, 4.69) is 18.9 Å². The van der Waals surface area contributed by atoms with Gasteiger partial charge in [0.25, 0.3) is 0 Å². The quantitative estimate of drug-likeness (QED) is 0.587. The van der Waals surface area contributed by atoms with Gasteiger partial charge in [-0.1, -0.05) is 6.92 Å². The minimum absolute atomic E-state index is 0.0361. The maximum atomic E-state index is 11.7. The van der Waals surface area contributed by atoms with Crippen molar-refractivity contribution in [1.29, 1.82) is 0 Å². The Kier molecular flexibility index (Phi) is 2.29. The SMILES string of the molecule is C[C@@H]1CC(=O)O[C@]2(C1)C[C@H]1CC[C@@H]2CN1C. The molecule has 3 aliphatic heterocycles. The lowest BCUT2D eigenvalue weighted by atomic mass is 9.64. The van der Waals surface area contributed by atoms with Crippen LogP contribution < -0.4 is 0 Å². The normalized spacial score (nSPS) is 48.4. The van der Waals surface area contributed by atoms with E-state index in [1.165, 1.54) is 12.8 Å². The minimum Gasteiger partial charge on any atom is -0.459 e. The molecule has 3 saturated heterocycles. The fraction of sp³-hybridized carbons (Fsp3) is 0.923. The van der Waals surface area contributed by atoms with E-state index in [-0.39, 0.29) is 11.6 Å². The zero-order valence-corrected chi connectivity index (χ0v) is 10.2. The molecule has 0 N–H and O–H groups in total. The maximum absolute atomic E-state index is 11.7. The van der Waals surface area contributed by atoms with Crippen molar-refractivity contribution in [3.8, 4) is 0 Å². The van der Waals surface area contributed by atoms with Gasteiger partial charge in [-0.05, 0) is 32.2 Å². The second kappa shape index (κ2) is 3.46. The Balaban J connectivity index is 1.86. The van der Waals surface area contributed by atoms with Crippen molar-refractivity contribution in [2.24, 2.45) is 11.8 Å². The van der Waals surface area contributed by atoms with Gasteiger partial charge in [-0.15, -0.1) is 0 Å². The van der Waals surface area contributed by atoms with Gasteiger partial charge in [-0.3, -0.25) is 4.79 Å². The topological polar surface area (TPSA) is 29.5 Å². The molecule has 0 amide bonds. The second-order valence-electron chi connectivity index (χ2n) is 6.12. The predicted octanol–water partition coefficient (Wildman–Crippen LogP) is 1.81. The van der Waals surface area contributed by atoms with Crippen LogP contribution in [0.1, 0.15) is 39.0 Å². The van der Waals surface area contributed by atoms with Crippen molar-refractivity contribution in [2.75, 3.05) is 13.6 Å². The number of ether oxygens (including phenoxy) is 1. The molecule has 90 valence electrons. The maximum Gasteiger partial charge on any atom is 0.306 e. The van der Waals surface area contributed by atoms with Gasteiger partial charge in [-0.25, -0.2) is 0 Å². The fourth-order valence-electron chi connectivity index (χ4n) is 4.09. The zero-order valence-electron chi connectivity index (χ0n) is 10.2. The number of carbonyl (C=O) groups excluding carboxylic acids is 1. The van der Waals surface area contributed by atoms with Gasteiger partial charge >= 0.3 is 5.97 Å². The number of nitrogens with zero attached hydrogens (tertiary/aromatic N) is 1. The van der Waals surface area contributed by atoms with Crippen molar-refractivity contribution in [1.82, 2.24) is 4.90 Å². The van der Waals surface area contributed by atoms with Crippen LogP contribution in [0.4, 0.5) is 0 Å².